The van der Waals surface area contributed by atoms with Crippen LogP contribution in [0, 0.1) is 0 Å². The van der Waals surface area contributed by atoms with Gasteiger partial charge in [-0.05, 0) is 21.9 Å². The first kappa shape index (κ1) is 20.0. The minimum absolute atomic E-state index is 0.0233. The van der Waals surface area contributed by atoms with Gasteiger partial charge in [0, 0.05) is 20.5 Å². The summed E-state index contributed by atoms with van der Waals surface area (Å²) < 4.78 is 1.49. The molecule has 1 aromatic heterocycles. The van der Waals surface area contributed by atoms with Crippen molar-refractivity contribution in [1.82, 2.24) is 19.8 Å². The van der Waals surface area contributed by atoms with Crippen molar-refractivity contribution in [2.75, 3.05) is 19.9 Å². The van der Waals surface area contributed by atoms with E-state index in [4.69, 9.17) is 5.84 Å². The Kier molecular flexibility index (Phi) is 5.72. The first-order valence-electron chi connectivity index (χ1n) is 9.63. The van der Waals surface area contributed by atoms with Gasteiger partial charge in [-0.3, -0.25) is 4.79 Å². The van der Waals surface area contributed by atoms with Gasteiger partial charge in [-0.15, -0.1) is 10.2 Å². The average Bonchev–Trinajstić information content (AvgIpc) is 3.11. The zero-order chi connectivity index (χ0) is 21.1. The highest BCUT2D eigenvalue weighted by Crippen LogP contribution is 2.35. The fraction of sp³-hybridized carbons (Fsp3) is 0.174. The molecule has 0 aliphatic carbocycles. The molecular formula is C23H23N5OS. The molecule has 4 rings (SSSR count). The minimum Gasteiger partial charge on any atom is -0.348 e. The van der Waals surface area contributed by atoms with Gasteiger partial charge in [0.05, 0.1) is 0 Å². The first-order valence-corrected chi connectivity index (χ1v) is 10.5. The van der Waals surface area contributed by atoms with Crippen LogP contribution in [0.1, 0.15) is 22.2 Å². The van der Waals surface area contributed by atoms with E-state index in [-0.39, 0.29) is 5.91 Å². The molecule has 3 aromatic carbocycles. The number of carbonyl (C=O) groups is 1. The van der Waals surface area contributed by atoms with Crippen LogP contribution in [0.3, 0.4) is 0 Å². The van der Waals surface area contributed by atoms with Gasteiger partial charge in [-0.2, -0.15) is 0 Å². The second-order valence-corrected chi connectivity index (χ2v) is 8.30. The summed E-state index contributed by atoms with van der Waals surface area (Å²) in [5.74, 6) is 6.97. The monoisotopic (exact) mass is 417 g/mol. The number of rotatable bonds is 6. The van der Waals surface area contributed by atoms with Gasteiger partial charge in [-0.1, -0.05) is 84.6 Å². The maximum atomic E-state index is 12.8. The lowest BCUT2D eigenvalue weighted by Gasteiger charge is -2.20. The predicted octanol–water partition coefficient (Wildman–Crippen LogP) is 3.66. The molecule has 4 aromatic rings. The van der Waals surface area contributed by atoms with E-state index in [1.54, 1.807) is 19.0 Å². The number of carbonyl (C=O) groups excluding carboxylic acids is 1. The molecule has 0 spiro atoms. The zero-order valence-electron chi connectivity index (χ0n) is 16.9. The van der Waals surface area contributed by atoms with E-state index in [1.807, 2.05) is 48.5 Å². The largest absolute Gasteiger partial charge is 0.348 e. The fourth-order valence-corrected chi connectivity index (χ4v) is 4.48. The standard InChI is InChI=1S/C23H23N5OS/c1-27(2)22(29)21(17-10-4-3-5-11-17)30-23-26-25-20(28(23)24)15-18-13-8-12-16-9-6-7-14-19(16)18/h3-14,21H,15,24H2,1-2H3. The lowest BCUT2D eigenvalue weighted by atomic mass is 10.0. The minimum atomic E-state index is -0.446. The molecule has 1 amide bonds. The van der Waals surface area contributed by atoms with Gasteiger partial charge in [0.2, 0.25) is 11.1 Å². The third-order valence-electron chi connectivity index (χ3n) is 4.95. The molecule has 1 atom stereocenters. The SMILES string of the molecule is CN(C)C(=O)C(Sc1nnc(Cc2cccc3ccccc23)n1N)c1ccccc1. The molecule has 6 nitrogen and oxygen atoms in total. The average molecular weight is 418 g/mol. The van der Waals surface area contributed by atoms with Gasteiger partial charge in [-0.25, -0.2) is 4.68 Å². The number of benzene rings is 3. The number of hydrogen-bond donors (Lipinski definition) is 1. The van der Waals surface area contributed by atoms with E-state index < -0.39 is 5.25 Å². The molecular weight excluding hydrogens is 394 g/mol. The van der Waals surface area contributed by atoms with Crippen LogP contribution < -0.4 is 5.84 Å². The highest BCUT2D eigenvalue weighted by Gasteiger charge is 2.26. The first-order chi connectivity index (χ1) is 14.5. The van der Waals surface area contributed by atoms with Crippen LogP contribution in [-0.4, -0.2) is 39.8 Å². The summed E-state index contributed by atoms with van der Waals surface area (Å²) in [5, 5.41) is 11.0. The molecule has 0 saturated heterocycles. The summed E-state index contributed by atoms with van der Waals surface area (Å²) in [7, 11) is 3.50. The quantitative estimate of drug-likeness (QED) is 0.383. The Morgan fingerprint density at radius 2 is 1.70 bits per heavy atom. The number of nitrogens with zero attached hydrogens (tertiary/aromatic N) is 4. The molecule has 0 saturated carbocycles. The molecule has 0 aliphatic heterocycles. The third-order valence-corrected chi connectivity index (χ3v) is 6.15. The Labute approximate surface area is 179 Å². The van der Waals surface area contributed by atoms with Crippen molar-refractivity contribution in [1.29, 1.82) is 0 Å². The second kappa shape index (κ2) is 8.59. The van der Waals surface area contributed by atoms with Gasteiger partial charge in [0.15, 0.2) is 5.82 Å². The van der Waals surface area contributed by atoms with Crippen LogP contribution in [0.4, 0.5) is 0 Å². The Bertz CT molecular complexity index is 1170. The number of aromatic nitrogens is 3. The van der Waals surface area contributed by atoms with Crippen molar-refractivity contribution in [3.63, 3.8) is 0 Å². The molecule has 1 heterocycles. The summed E-state index contributed by atoms with van der Waals surface area (Å²) >= 11 is 1.31. The van der Waals surface area contributed by atoms with Crippen LogP contribution in [-0.2, 0) is 11.2 Å². The summed E-state index contributed by atoms with van der Waals surface area (Å²) in [6, 6.07) is 24.1. The Balaban J connectivity index is 1.63. The highest BCUT2D eigenvalue weighted by atomic mass is 32.2. The molecule has 0 radical (unpaired) electrons. The molecule has 1 unspecified atom stereocenters. The Morgan fingerprint density at radius 3 is 2.47 bits per heavy atom. The van der Waals surface area contributed by atoms with Crippen molar-refractivity contribution in [3.8, 4) is 0 Å². The highest BCUT2D eigenvalue weighted by molar-refractivity contribution is 8.00. The van der Waals surface area contributed by atoms with Crippen LogP contribution in [0.25, 0.3) is 10.8 Å². The lowest BCUT2D eigenvalue weighted by Crippen LogP contribution is -2.27. The summed E-state index contributed by atoms with van der Waals surface area (Å²) in [6.45, 7) is 0. The van der Waals surface area contributed by atoms with Crippen molar-refractivity contribution in [3.05, 3.63) is 89.7 Å². The topological polar surface area (TPSA) is 77.0 Å². The number of nitrogen functional groups attached to an aromatic ring is 1. The molecule has 0 fully saturated rings. The van der Waals surface area contributed by atoms with E-state index in [9.17, 15) is 4.79 Å². The number of fused-ring (bicyclic) bond motifs is 1. The van der Waals surface area contributed by atoms with Crippen LogP contribution in [0.2, 0.25) is 0 Å². The van der Waals surface area contributed by atoms with E-state index in [2.05, 4.69) is 34.5 Å². The summed E-state index contributed by atoms with van der Waals surface area (Å²) in [4.78, 5) is 14.4. The number of hydrogen-bond acceptors (Lipinski definition) is 5. The zero-order valence-corrected chi connectivity index (χ0v) is 17.7. The summed E-state index contributed by atoms with van der Waals surface area (Å²) in [5.41, 5.74) is 2.03. The third kappa shape index (κ3) is 4.02. The summed E-state index contributed by atoms with van der Waals surface area (Å²) in [6.07, 6.45) is 0.559. The van der Waals surface area contributed by atoms with Crippen LogP contribution >= 0.6 is 11.8 Å². The van der Waals surface area contributed by atoms with Gasteiger partial charge in [0.25, 0.3) is 0 Å². The maximum absolute atomic E-state index is 12.8. The lowest BCUT2D eigenvalue weighted by molar-refractivity contribution is -0.128. The van der Waals surface area contributed by atoms with Crippen molar-refractivity contribution in [2.24, 2.45) is 0 Å². The van der Waals surface area contributed by atoms with Crippen molar-refractivity contribution in [2.45, 2.75) is 16.8 Å². The number of amides is 1. The predicted molar refractivity (Wildman–Crippen MR) is 121 cm³/mol. The van der Waals surface area contributed by atoms with Crippen LogP contribution in [0.15, 0.2) is 78.0 Å². The normalized spacial score (nSPS) is 12.1. The van der Waals surface area contributed by atoms with E-state index in [1.165, 1.54) is 27.2 Å². The van der Waals surface area contributed by atoms with Crippen LogP contribution in [0.5, 0.6) is 0 Å². The van der Waals surface area contributed by atoms with E-state index in [0.717, 1.165) is 11.1 Å². The van der Waals surface area contributed by atoms with Gasteiger partial charge in [0.1, 0.15) is 5.25 Å². The van der Waals surface area contributed by atoms with E-state index in [0.29, 0.717) is 17.4 Å². The smallest absolute Gasteiger partial charge is 0.240 e. The Morgan fingerprint density at radius 1 is 1.00 bits per heavy atom. The number of thioether (sulfide) groups is 1. The molecule has 30 heavy (non-hydrogen) atoms. The Hall–Kier alpha value is -3.32. The second-order valence-electron chi connectivity index (χ2n) is 7.23. The molecule has 0 aliphatic rings. The molecule has 7 heteroatoms. The van der Waals surface area contributed by atoms with Crippen molar-refractivity contribution >= 4 is 28.4 Å². The fourth-order valence-electron chi connectivity index (χ4n) is 3.35. The molecule has 2 N–H and O–H groups in total. The molecule has 0 bridgehead atoms. The van der Waals surface area contributed by atoms with Gasteiger partial charge < -0.3 is 10.7 Å². The molecule has 152 valence electrons. The van der Waals surface area contributed by atoms with E-state index >= 15 is 0 Å². The van der Waals surface area contributed by atoms with Crippen molar-refractivity contribution < 1.29 is 4.79 Å². The number of likely N-dealkylation sites (N-methyl/N-ethyl adjacent to an activating group) is 1. The number of nitrogens with two attached hydrogens (primary N) is 1. The maximum Gasteiger partial charge on any atom is 0.240 e. The van der Waals surface area contributed by atoms with Gasteiger partial charge >= 0.3 is 0 Å².